The highest BCUT2D eigenvalue weighted by Gasteiger charge is 2.40. The Balaban J connectivity index is 3.65. The van der Waals surface area contributed by atoms with Crippen LogP contribution in [-0.4, -0.2) is 0 Å². The quantitative estimate of drug-likeness (QED) is 0.422. The lowest BCUT2D eigenvalue weighted by atomic mass is 10.0. The molecule has 0 unspecified atom stereocenters. The molecule has 1 rings (SSSR count). The van der Waals surface area contributed by atoms with Crippen molar-refractivity contribution in [1.82, 2.24) is 0 Å². The number of alkyl halides is 2. The van der Waals surface area contributed by atoms with E-state index in [9.17, 15) is 30.7 Å². The molecule has 0 aliphatic carbocycles. The average Bonchev–Trinajstić information content (AvgIpc) is 2.23. The monoisotopic (exact) mass is 246 g/mol. The summed E-state index contributed by atoms with van der Waals surface area (Å²) in [6.45, 7) is 0.859. The third kappa shape index (κ3) is 1.74. The molecule has 0 aliphatic heterocycles. The minimum absolute atomic E-state index is 0.859. The molecule has 0 radical (unpaired) electrons. The summed E-state index contributed by atoms with van der Waals surface area (Å²) in [6, 6.07) is 0. The van der Waals surface area contributed by atoms with Crippen molar-refractivity contribution in [2.24, 2.45) is 0 Å². The van der Waals surface area contributed by atoms with Gasteiger partial charge in [-0.1, -0.05) is 6.92 Å². The van der Waals surface area contributed by atoms with Gasteiger partial charge in [0.05, 0.1) is 5.56 Å². The topological polar surface area (TPSA) is 0 Å². The highest BCUT2D eigenvalue weighted by atomic mass is 19.3. The van der Waals surface area contributed by atoms with Gasteiger partial charge in [-0.25, -0.2) is 30.7 Å². The summed E-state index contributed by atoms with van der Waals surface area (Å²) in [5, 5.41) is 0. The lowest BCUT2D eigenvalue weighted by molar-refractivity contribution is -0.0170. The molecule has 7 heteroatoms. The number of hydrogen-bond acceptors (Lipinski definition) is 0. The zero-order valence-electron chi connectivity index (χ0n) is 7.85. The molecule has 0 N–H and O–H groups in total. The van der Waals surface area contributed by atoms with Crippen molar-refractivity contribution in [3.63, 3.8) is 0 Å². The molecule has 0 bridgehead atoms. The first-order valence-corrected chi connectivity index (χ1v) is 4.13. The van der Waals surface area contributed by atoms with Gasteiger partial charge in [0.2, 0.25) is 5.82 Å². The summed E-state index contributed by atoms with van der Waals surface area (Å²) in [7, 11) is 0. The largest absolute Gasteiger partial charge is 0.278 e. The Morgan fingerprint density at radius 2 is 1.06 bits per heavy atom. The first-order chi connectivity index (χ1) is 7.24. The Kier molecular flexibility index (Phi) is 3.16. The molecule has 1 aromatic carbocycles. The van der Waals surface area contributed by atoms with Gasteiger partial charge in [0, 0.05) is 6.42 Å². The maximum absolute atomic E-state index is 13.0. The van der Waals surface area contributed by atoms with Crippen LogP contribution < -0.4 is 0 Å². The van der Waals surface area contributed by atoms with E-state index in [2.05, 4.69) is 0 Å². The highest BCUT2D eigenvalue weighted by Crippen LogP contribution is 2.37. The molecule has 90 valence electrons. The average molecular weight is 246 g/mol. The van der Waals surface area contributed by atoms with Gasteiger partial charge in [-0.15, -0.1) is 0 Å². The van der Waals surface area contributed by atoms with Gasteiger partial charge in [-0.3, -0.25) is 0 Å². The smallest absolute Gasteiger partial charge is 0.203 e. The van der Waals surface area contributed by atoms with E-state index in [0.29, 0.717) is 0 Å². The van der Waals surface area contributed by atoms with Crippen molar-refractivity contribution >= 4 is 0 Å². The Morgan fingerprint density at radius 3 is 1.38 bits per heavy atom. The number of halogens is 7. The van der Waals surface area contributed by atoms with E-state index in [1.54, 1.807) is 0 Å². The lowest BCUT2D eigenvalue weighted by Crippen LogP contribution is -2.20. The molecule has 0 spiro atoms. The SMILES string of the molecule is CCC(F)(F)c1c(F)c(F)c(F)c(F)c1F. The summed E-state index contributed by atoms with van der Waals surface area (Å²) < 4.78 is 89.4. The zero-order chi connectivity index (χ0) is 12.7. The fraction of sp³-hybridized carbons (Fsp3) is 0.333. The standard InChI is InChI=1S/C9H5F7/c1-2-9(15,16)3-4(10)6(12)8(14)7(13)5(3)11/h2H2,1H3. The Bertz CT molecular complexity index is 395. The van der Waals surface area contributed by atoms with Crippen LogP contribution in [-0.2, 0) is 5.92 Å². The lowest BCUT2D eigenvalue weighted by Gasteiger charge is -2.16. The fourth-order valence-corrected chi connectivity index (χ4v) is 1.10. The van der Waals surface area contributed by atoms with E-state index < -0.39 is 47.0 Å². The van der Waals surface area contributed by atoms with Crippen LogP contribution in [0.15, 0.2) is 0 Å². The minimum Gasteiger partial charge on any atom is -0.203 e. The first kappa shape index (κ1) is 12.8. The molecule has 0 atom stereocenters. The van der Waals surface area contributed by atoms with E-state index in [1.165, 1.54) is 0 Å². The van der Waals surface area contributed by atoms with E-state index in [4.69, 9.17) is 0 Å². The Hall–Kier alpha value is -1.27. The second-order valence-electron chi connectivity index (χ2n) is 3.00. The molecule has 0 nitrogen and oxygen atoms in total. The second-order valence-corrected chi connectivity index (χ2v) is 3.00. The molecule has 0 amide bonds. The maximum atomic E-state index is 13.0. The van der Waals surface area contributed by atoms with Gasteiger partial charge in [-0.05, 0) is 0 Å². The van der Waals surface area contributed by atoms with Gasteiger partial charge >= 0.3 is 0 Å². The van der Waals surface area contributed by atoms with Crippen molar-refractivity contribution in [1.29, 1.82) is 0 Å². The summed E-state index contributed by atoms with van der Waals surface area (Å²) in [6.07, 6.45) is -1.08. The molecule has 0 aliphatic rings. The van der Waals surface area contributed by atoms with Crippen molar-refractivity contribution in [3.8, 4) is 0 Å². The third-order valence-electron chi connectivity index (χ3n) is 2.02. The summed E-state index contributed by atoms with van der Waals surface area (Å²) in [4.78, 5) is 0. The normalized spacial score (nSPS) is 12.0. The van der Waals surface area contributed by atoms with Crippen LogP contribution in [0.25, 0.3) is 0 Å². The molecule has 0 fully saturated rings. The minimum atomic E-state index is -4.11. The molecular formula is C9H5F7. The number of hydrogen-bond donors (Lipinski definition) is 0. The maximum Gasteiger partial charge on any atom is 0.278 e. The summed E-state index contributed by atoms with van der Waals surface area (Å²) >= 11 is 0. The van der Waals surface area contributed by atoms with Crippen molar-refractivity contribution < 1.29 is 30.7 Å². The van der Waals surface area contributed by atoms with Crippen LogP contribution in [0.4, 0.5) is 30.7 Å². The predicted molar refractivity (Wildman–Crippen MR) is 40.4 cm³/mol. The van der Waals surface area contributed by atoms with E-state index >= 15 is 0 Å². The van der Waals surface area contributed by atoms with E-state index in [1.807, 2.05) is 0 Å². The van der Waals surface area contributed by atoms with Gasteiger partial charge in [0.15, 0.2) is 23.3 Å². The molecule has 1 aromatic rings. The van der Waals surface area contributed by atoms with Gasteiger partial charge in [0.25, 0.3) is 5.92 Å². The fourth-order valence-electron chi connectivity index (χ4n) is 1.10. The first-order valence-electron chi connectivity index (χ1n) is 4.13. The van der Waals surface area contributed by atoms with Crippen LogP contribution >= 0.6 is 0 Å². The number of rotatable bonds is 2. The van der Waals surface area contributed by atoms with Crippen molar-refractivity contribution in [2.45, 2.75) is 19.3 Å². The molecular weight excluding hydrogens is 241 g/mol. The molecule has 0 saturated heterocycles. The summed E-state index contributed by atoms with van der Waals surface area (Å²) in [5.74, 6) is -16.3. The summed E-state index contributed by atoms with van der Waals surface area (Å²) in [5.41, 5.74) is -2.09. The van der Waals surface area contributed by atoms with Crippen LogP contribution in [0, 0.1) is 29.1 Å². The van der Waals surface area contributed by atoms with Crippen LogP contribution in [0.1, 0.15) is 18.9 Å². The van der Waals surface area contributed by atoms with Crippen LogP contribution in [0.5, 0.6) is 0 Å². The van der Waals surface area contributed by atoms with Crippen molar-refractivity contribution in [3.05, 3.63) is 34.6 Å². The Labute approximate surface area is 85.7 Å². The van der Waals surface area contributed by atoms with E-state index in [0.717, 1.165) is 6.92 Å². The van der Waals surface area contributed by atoms with Gasteiger partial charge in [-0.2, -0.15) is 0 Å². The van der Waals surface area contributed by atoms with Crippen molar-refractivity contribution in [2.75, 3.05) is 0 Å². The molecule has 16 heavy (non-hydrogen) atoms. The van der Waals surface area contributed by atoms with E-state index in [-0.39, 0.29) is 0 Å². The molecule has 0 aromatic heterocycles. The number of benzene rings is 1. The Morgan fingerprint density at radius 1 is 0.750 bits per heavy atom. The van der Waals surface area contributed by atoms with Gasteiger partial charge < -0.3 is 0 Å². The zero-order valence-corrected chi connectivity index (χ0v) is 7.85. The second kappa shape index (κ2) is 3.95. The third-order valence-corrected chi connectivity index (χ3v) is 2.02. The van der Waals surface area contributed by atoms with Crippen LogP contribution in [0.2, 0.25) is 0 Å². The van der Waals surface area contributed by atoms with Gasteiger partial charge in [0.1, 0.15) is 0 Å². The van der Waals surface area contributed by atoms with Crippen LogP contribution in [0.3, 0.4) is 0 Å². The molecule has 0 saturated carbocycles. The highest BCUT2D eigenvalue weighted by molar-refractivity contribution is 5.27. The predicted octanol–water partition coefficient (Wildman–Crippen LogP) is 3.88. The molecule has 0 heterocycles.